The molecule has 0 aromatic heterocycles. The highest BCUT2D eigenvalue weighted by Crippen LogP contribution is 2.13. The van der Waals surface area contributed by atoms with Gasteiger partial charge in [-0.25, -0.2) is 9.18 Å². The molecule has 1 aromatic rings. The molecule has 1 rings (SSSR count). The summed E-state index contributed by atoms with van der Waals surface area (Å²) in [5.41, 5.74) is 1.06. The lowest BCUT2D eigenvalue weighted by Crippen LogP contribution is -1.88. The Kier molecular flexibility index (Phi) is 4.79. The maximum absolute atomic E-state index is 13.3. The van der Waals surface area contributed by atoms with Crippen LogP contribution in [0.4, 0.5) is 4.39 Å². The van der Waals surface area contributed by atoms with Gasteiger partial charge < -0.3 is 5.11 Å². The summed E-state index contributed by atoms with van der Waals surface area (Å²) in [6.07, 6.45) is 5.76. The van der Waals surface area contributed by atoms with Gasteiger partial charge in [0.1, 0.15) is 5.82 Å². The second kappa shape index (κ2) is 6.12. The summed E-state index contributed by atoms with van der Waals surface area (Å²) in [6, 6.07) is 4.50. The number of carboxylic acids is 1. The second-order valence-electron chi connectivity index (χ2n) is 3.04. The molecule has 0 heterocycles. The summed E-state index contributed by atoms with van der Waals surface area (Å²) in [6.45, 7) is 0. The number of hydrogen-bond acceptors (Lipinski definition) is 2. The van der Waals surface area contributed by atoms with Crippen LogP contribution in [0.1, 0.15) is 11.1 Å². The third-order valence-electron chi connectivity index (χ3n) is 1.84. The quantitative estimate of drug-likeness (QED) is 0.625. The van der Waals surface area contributed by atoms with Crippen LogP contribution in [0.3, 0.4) is 0 Å². The minimum atomic E-state index is -1.10. The summed E-state index contributed by atoms with van der Waals surface area (Å²) < 4.78 is 13.3. The standard InChI is InChI=1S/C12H11FO2S/c13-11-5-3-9(2-1-7-16)8-10(11)4-6-12(14)15/h1-6,8,16H,7H2,(H,14,15)/b2-1?,6-4+. The molecule has 0 radical (unpaired) electrons. The van der Waals surface area contributed by atoms with Crippen molar-refractivity contribution in [2.75, 3.05) is 5.75 Å². The van der Waals surface area contributed by atoms with E-state index in [1.165, 1.54) is 12.1 Å². The zero-order valence-corrected chi connectivity index (χ0v) is 9.32. The van der Waals surface area contributed by atoms with Gasteiger partial charge in [0.2, 0.25) is 0 Å². The summed E-state index contributed by atoms with van der Waals surface area (Å²) in [4.78, 5) is 10.3. The van der Waals surface area contributed by atoms with Crippen LogP contribution in [0.2, 0.25) is 0 Å². The van der Waals surface area contributed by atoms with Gasteiger partial charge in [-0.2, -0.15) is 12.6 Å². The third kappa shape index (κ3) is 3.90. The van der Waals surface area contributed by atoms with E-state index in [0.717, 1.165) is 11.6 Å². The summed E-state index contributed by atoms with van der Waals surface area (Å²) in [7, 11) is 0. The number of aliphatic carboxylic acids is 1. The van der Waals surface area contributed by atoms with Gasteiger partial charge in [0, 0.05) is 17.4 Å². The number of benzene rings is 1. The molecule has 0 amide bonds. The Morgan fingerprint density at radius 2 is 2.19 bits per heavy atom. The molecule has 0 spiro atoms. The van der Waals surface area contributed by atoms with Crippen molar-refractivity contribution in [1.29, 1.82) is 0 Å². The fourth-order valence-corrected chi connectivity index (χ4v) is 1.25. The van der Waals surface area contributed by atoms with Gasteiger partial charge in [-0.3, -0.25) is 0 Å². The lowest BCUT2D eigenvalue weighted by atomic mass is 10.1. The van der Waals surface area contributed by atoms with Crippen molar-refractivity contribution in [2.24, 2.45) is 0 Å². The molecular formula is C12H11FO2S. The number of carboxylic acid groups (broad SMARTS) is 1. The van der Waals surface area contributed by atoms with Gasteiger partial charge in [0.05, 0.1) is 0 Å². The highest BCUT2D eigenvalue weighted by molar-refractivity contribution is 7.80. The first-order chi connectivity index (χ1) is 7.63. The highest BCUT2D eigenvalue weighted by atomic mass is 32.1. The highest BCUT2D eigenvalue weighted by Gasteiger charge is 1.99. The lowest BCUT2D eigenvalue weighted by Gasteiger charge is -1.99. The Labute approximate surface area is 98.5 Å². The maximum atomic E-state index is 13.3. The first-order valence-electron chi connectivity index (χ1n) is 4.61. The Morgan fingerprint density at radius 1 is 1.44 bits per heavy atom. The Balaban J connectivity index is 2.99. The average molecular weight is 238 g/mol. The van der Waals surface area contributed by atoms with Crippen molar-refractivity contribution in [3.63, 3.8) is 0 Å². The van der Waals surface area contributed by atoms with Crippen LogP contribution < -0.4 is 0 Å². The smallest absolute Gasteiger partial charge is 0.328 e. The predicted octanol–water partition coefficient (Wildman–Crippen LogP) is 2.87. The number of thiol groups is 1. The number of halogens is 1. The van der Waals surface area contributed by atoms with E-state index in [1.54, 1.807) is 18.2 Å². The molecule has 0 atom stereocenters. The van der Waals surface area contributed by atoms with Gasteiger partial charge in [-0.1, -0.05) is 18.2 Å². The second-order valence-corrected chi connectivity index (χ2v) is 3.40. The fraction of sp³-hybridized carbons (Fsp3) is 0.0833. The Bertz CT molecular complexity index is 439. The minimum absolute atomic E-state index is 0.253. The molecule has 0 saturated carbocycles. The molecule has 2 nitrogen and oxygen atoms in total. The van der Waals surface area contributed by atoms with E-state index in [2.05, 4.69) is 12.6 Å². The van der Waals surface area contributed by atoms with Crippen LogP contribution in [0.25, 0.3) is 12.2 Å². The molecule has 0 saturated heterocycles. The summed E-state index contributed by atoms with van der Waals surface area (Å²) >= 11 is 4.01. The Hall–Kier alpha value is -1.55. The molecule has 1 aromatic carbocycles. The van der Waals surface area contributed by atoms with Crippen molar-refractivity contribution in [3.05, 3.63) is 47.3 Å². The molecule has 0 bridgehead atoms. The monoisotopic (exact) mass is 238 g/mol. The van der Waals surface area contributed by atoms with Gasteiger partial charge in [0.25, 0.3) is 0 Å². The number of hydrogen-bond donors (Lipinski definition) is 2. The minimum Gasteiger partial charge on any atom is -0.478 e. The van der Waals surface area contributed by atoms with Crippen LogP contribution >= 0.6 is 12.6 Å². The molecule has 0 unspecified atom stereocenters. The molecule has 4 heteroatoms. The summed E-state index contributed by atoms with van der Waals surface area (Å²) in [5.74, 6) is -0.950. The van der Waals surface area contributed by atoms with E-state index in [4.69, 9.17) is 5.11 Å². The van der Waals surface area contributed by atoms with E-state index >= 15 is 0 Å². The molecular weight excluding hydrogens is 227 g/mol. The number of carbonyl (C=O) groups is 1. The summed E-state index contributed by atoms with van der Waals surface area (Å²) in [5, 5.41) is 8.44. The van der Waals surface area contributed by atoms with Crippen LogP contribution in [0, 0.1) is 5.82 Å². The topological polar surface area (TPSA) is 37.3 Å². The third-order valence-corrected chi connectivity index (χ3v) is 2.05. The van der Waals surface area contributed by atoms with E-state index in [-0.39, 0.29) is 5.56 Å². The van der Waals surface area contributed by atoms with Crippen LogP contribution in [-0.2, 0) is 4.79 Å². The normalized spacial score (nSPS) is 11.4. The van der Waals surface area contributed by atoms with E-state index < -0.39 is 11.8 Å². The van der Waals surface area contributed by atoms with Gasteiger partial charge in [-0.05, 0) is 23.8 Å². The molecule has 0 aliphatic carbocycles. The van der Waals surface area contributed by atoms with Crippen molar-refractivity contribution < 1.29 is 14.3 Å². The van der Waals surface area contributed by atoms with Gasteiger partial charge >= 0.3 is 5.97 Å². The molecule has 0 aliphatic rings. The van der Waals surface area contributed by atoms with E-state index in [9.17, 15) is 9.18 Å². The average Bonchev–Trinajstić information content (AvgIpc) is 2.26. The fourth-order valence-electron chi connectivity index (χ4n) is 1.14. The lowest BCUT2D eigenvalue weighted by molar-refractivity contribution is -0.131. The molecule has 0 aliphatic heterocycles. The van der Waals surface area contributed by atoms with E-state index in [1.807, 2.05) is 6.08 Å². The van der Waals surface area contributed by atoms with Crippen LogP contribution in [0.5, 0.6) is 0 Å². The first kappa shape index (κ1) is 12.5. The molecule has 1 N–H and O–H groups in total. The first-order valence-corrected chi connectivity index (χ1v) is 5.24. The van der Waals surface area contributed by atoms with Gasteiger partial charge in [-0.15, -0.1) is 0 Å². The van der Waals surface area contributed by atoms with Crippen molar-refractivity contribution in [1.82, 2.24) is 0 Å². The Morgan fingerprint density at radius 3 is 2.81 bits per heavy atom. The number of rotatable bonds is 4. The van der Waals surface area contributed by atoms with Crippen molar-refractivity contribution in [2.45, 2.75) is 0 Å². The van der Waals surface area contributed by atoms with E-state index in [0.29, 0.717) is 5.75 Å². The largest absolute Gasteiger partial charge is 0.478 e. The molecule has 16 heavy (non-hydrogen) atoms. The zero-order chi connectivity index (χ0) is 12.0. The van der Waals surface area contributed by atoms with Crippen LogP contribution in [-0.4, -0.2) is 16.8 Å². The molecule has 84 valence electrons. The van der Waals surface area contributed by atoms with Gasteiger partial charge in [0.15, 0.2) is 0 Å². The van der Waals surface area contributed by atoms with Crippen LogP contribution in [0.15, 0.2) is 30.4 Å². The maximum Gasteiger partial charge on any atom is 0.328 e. The SMILES string of the molecule is O=C(O)/C=C/c1cc(C=CCS)ccc1F. The molecule has 0 fully saturated rings. The van der Waals surface area contributed by atoms with Crippen molar-refractivity contribution in [3.8, 4) is 0 Å². The van der Waals surface area contributed by atoms with Crippen molar-refractivity contribution >= 4 is 30.8 Å². The zero-order valence-electron chi connectivity index (χ0n) is 8.43. The predicted molar refractivity (Wildman–Crippen MR) is 66.0 cm³/mol.